The number of nitrogens with one attached hydrogen (secondary N) is 1. The Kier molecular flexibility index (Phi) is 7.20. The topological polar surface area (TPSA) is 92.1 Å². The number of nitrogens with zero attached hydrogens (tertiary/aromatic N) is 2. The normalized spacial score (nSPS) is 13.3. The van der Waals surface area contributed by atoms with Crippen molar-refractivity contribution in [3.05, 3.63) is 52.0 Å². The van der Waals surface area contributed by atoms with Gasteiger partial charge in [-0.15, -0.1) is 0 Å². The van der Waals surface area contributed by atoms with Crippen LogP contribution in [0.2, 0.25) is 10.0 Å². The number of halogens is 2. The van der Waals surface area contributed by atoms with Crippen LogP contribution in [0.15, 0.2) is 30.7 Å². The molecule has 6 nitrogen and oxygen atoms in total. The molecule has 2 rings (SSSR count). The molecule has 0 aliphatic rings. The molecule has 8 heteroatoms. The zero-order valence-electron chi connectivity index (χ0n) is 14.7. The summed E-state index contributed by atoms with van der Waals surface area (Å²) in [6, 6.07) is 4.32. The second kappa shape index (κ2) is 9.16. The summed E-state index contributed by atoms with van der Waals surface area (Å²) in [5, 5.41) is 0.680. The van der Waals surface area contributed by atoms with E-state index in [1.54, 1.807) is 24.4 Å². The molecule has 0 spiro atoms. The van der Waals surface area contributed by atoms with E-state index in [4.69, 9.17) is 28.9 Å². The molecule has 0 saturated carbocycles. The lowest BCUT2D eigenvalue weighted by atomic mass is 9.98. The largest absolute Gasteiger partial charge is 0.351 e. The Morgan fingerprint density at radius 2 is 2.08 bits per heavy atom. The van der Waals surface area contributed by atoms with Crippen molar-refractivity contribution in [3.8, 4) is 0 Å². The molecule has 0 saturated heterocycles. The van der Waals surface area contributed by atoms with Crippen LogP contribution in [0.3, 0.4) is 0 Å². The molecule has 1 heterocycles. The second-order valence-electron chi connectivity index (χ2n) is 6.18. The average Bonchev–Trinajstić information content (AvgIpc) is 3.13. The highest BCUT2D eigenvalue weighted by Gasteiger charge is 2.30. The second-order valence-corrected chi connectivity index (χ2v) is 6.96. The lowest BCUT2D eigenvalue weighted by Gasteiger charge is -2.27. The van der Waals surface area contributed by atoms with Gasteiger partial charge in [0.2, 0.25) is 11.8 Å². The number of benzene rings is 1. The summed E-state index contributed by atoms with van der Waals surface area (Å²) in [5.41, 5.74) is 7.21. The number of carbonyl (C=O) groups excluding carboxylic acids is 2. The van der Waals surface area contributed by atoms with E-state index in [1.807, 2.05) is 13.8 Å². The van der Waals surface area contributed by atoms with Gasteiger partial charge >= 0.3 is 0 Å². The van der Waals surface area contributed by atoms with Gasteiger partial charge in [-0.2, -0.15) is 0 Å². The van der Waals surface area contributed by atoms with Gasteiger partial charge in [0.05, 0.1) is 41.1 Å². The minimum Gasteiger partial charge on any atom is -0.351 e. The Hall–Kier alpha value is -1.89. The molecule has 1 aromatic heterocycles. The minimum atomic E-state index is -0.777. The van der Waals surface area contributed by atoms with E-state index in [1.165, 1.54) is 6.33 Å². The van der Waals surface area contributed by atoms with Gasteiger partial charge in [-0.25, -0.2) is 4.98 Å². The van der Waals surface area contributed by atoms with Gasteiger partial charge in [-0.05, 0) is 17.5 Å². The molecule has 0 fully saturated rings. The van der Waals surface area contributed by atoms with E-state index in [2.05, 4.69) is 9.97 Å². The van der Waals surface area contributed by atoms with Crippen LogP contribution in [0.25, 0.3) is 0 Å². The molecular weight excluding hydrogens is 375 g/mol. The summed E-state index contributed by atoms with van der Waals surface area (Å²) in [6.07, 6.45) is 3.81. The van der Waals surface area contributed by atoms with E-state index in [-0.39, 0.29) is 18.9 Å². The van der Waals surface area contributed by atoms with Crippen molar-refractivity contribution >= 4 is 35.0 Å². The summed E-state index contributed by atoms with van der Waals surface area (Å²) in [6.45, 7) is 3.83. The van der Waals surface area contributed by atoms with Crippen LogP contribution in [0.4, 0.5) is 0 Å². The number of amides is 2. The number of hydrogen-bond donors (Lipinski definition) is 2. The number of rotatable bonds is 7. The molecule has 1 aromatic carbocycles. The van der Waals surface area contributed by atoms with Crippen molar-refractivity contribution in [1.29, 1.82) is 0 Å². The first-order chi connectivity index (χ1) is 12.3. The smallest absolute Gasteiger partial charge is 0.246 e. The van der Waals surface area contributed by atoms with Crippen LogP contribution in [0.1, 0.15) is 31.5 Å². The van der Waals surface area contributed by atoms with E-state index < -0.39 is 17.9 Å². The molecule has 2 atom stereocenters. The Morgan fingerprint density at radius 1 is 1.35 bits per heavy atom. The fourth-order valence-corrected chi connectivity index (χ4v) is 2.83. The van der Waals surface area contributed by atoms with E-state index in [0.29, 0.717) is 21.3 Å². The number of imide groups is 1. The fraction of sp³-hybridized carbons (Fsp3) is 0.389. The maximum Gasteiger partial charge on any atom is 0.246 e. The molecule has 0 aliphatic carbocycles. The number of imidazole rings is 1. The number of H-pyrrole nitrogens is 1. The monoisotopic (exact) mass is 396 g/mol. The molecule has 2 aromatic rings. The van der Waals surface area contributed by atoms with Gasteiger partial charge in [-0.3, -0.25) is 14.5 Å². The van der Waals surface area contributed by atoms with Gasteiger partial charge in [0.1, 0.15) is 0 Å². The van der Waals surface area contributed by atoms with Crippen molar-refractivity contribution in [2.24, 2.45) is 11.7 Å². The van der Waals surface area contributed by atoms with Crippen LogP contribution < -0.4 is 5.73 Å². The van der Waals surface area contributed by atoms with Gasteiger partial charge < -0.3 is 10.7 Å². The van der Waals surface area contributed by atoms with Crippen molar-refractivity contribution in [1.82, 2.24) is 14.9 Å². The SMILES string of the molecule is CC[C@H](C)[C@H](N)C(=O)N(Cc1cccc(Cl)c1Cl)C(=O)Cc1c[nH]cn1. The maximum absolute atomic E-state index is 12.9. The molecule has 0 radical (unpaired) electrons. The average molecular weight is 397 g/mol. The molecular formula is C18H22Cl2N4O2. The summed E-state index contributed by atoms with van der Waals surface area (Å²) in [7, 11) is 0. The Balaban J connectivity index is 2.29. The number of aromatic nitrogens is 2. The lowest BCUT2D eigenvalue weighted by Crippen LogP contribution is -2.49. The van der Waals surface area contributed by atoms with Gasteiger partial charge in [0.25, 0.3) is 0 Å². The maximum atomic E-state index is 12.9. The highest BCUT2D eigenvalue weighted by Crippen LogP contribution is 2.27. The quantitative estimate of drug-likeness (QED) is 0.751. The Morgan fingerprint density at radius 3 is 2.69 bits per heavy atom. The summed E-state index contributed by atoms with van der Waals surface area (Å²) < 4.78 is 0. The van der Waals surface area contributed by atoms with Gasteiger partial charge in [0.15, 0.2) is 0 Å². The molecule has 26 heavy (non-hydrogen) atoms. The molecule has 0 unspecified atom stereocenters. The lowest BCUT2D eigenvalue weighted by molar-refractivity contribution is -0.146. The summed E-state index contributed by atoms with van der Waals surface area (Å²) >= 11 is 12.3. The third kappa shape index (κ3) is 4.84. The standard InChI is InChI=1S/C18H22Cl2N4O2/c1-3-11(2)17(21)18(26)24(15(25)7-13-8-22-10-23-13)9-12-5-4-6-14(19)16(12)20/h4-6,8,10-11,17H,3,7,9,21H2,1-2H3,(H,22,23)/t11-,17-/m0/s1. The van der Waals surface area contributed by atoms with Crippen LogP contribution in [0.5, 0.6) is 0 Å². The van der Waals surface area contributed by atoms with Crippen LogP contribution in [0, 0.1) is 5.92 Å². The minimum absolute atomic E-state index is 0.00557. The molecule has 3 N–H and O–H groups in total. The Bertz CT molecular complexity index is 765. The number of nitrogens with two attached hydrogens (primary N) is 1. The first kappa shape index (κ1) is 20.4. The fourth-order valence-electron chi connectivity index (χ4n) is 2.45. The predicted octanol–water partition coefficient (Wildman–Crippen LogP) is 3.19. The van der Waals surface area contributed by atoms with Gasteiger partial charge in [-0.1, -0.05) is 55.6 Å². The van der Waals surface area contributed by atoms with E-state index in [9.17, 15) is 9.59 Å². The number of carbonyl (C=O) groups is 2. The molecule has 2 amide bonds. The van der Waals surface area contributed by atoms with Crippen LogP contribution in [-0.4, -0.2) is 32.7 Å². The van der Waals surface area contributed by atoms with E-state index >= 15 is 0 Å². The van der Waals surface area contributed by atoms with Gasteiger partial charge in [0, 0.05) is 6.20 Å². The number of hydrogen-bond acceptors (Lipinski definition) is 4. The molecule has 0 bridgehead atoms. The van der Waals surface area contributed by atoms with E-state index in [0.717, 1.165) is 11.3 Å². The van der Waals surface area contributed by atoms with Crippen molar-refractivity contribution in [3.63, 3.8) is 0 Å². The summed E-state index contributed by atoms with van der Waals surface area (Å²) in [4.78, 5) is 33.6. The summed E-state index contributed by atoms with van der Waals surface area (Å²) in [5.74, 6) is -0.883. The molecule has 140 valence electrons. The van der Waals surface area contributed by atoms with Crippen LogP contribution in [-0.2, 0) is 22.6 Å². The van der Waals surface area contributed by atoms with Crippen molar-refractivity contribution in [2.75, 3.05) is 0 Å². The van der Waals surface area contributed by atoms with Crippen LogP contribution >= 0.6 is 23.2 Å². The first-order valence-electron chi connectivity index (χ1n) is 8.35. The number of aromatic amines is 1. The zero-order valence-corrected chi connectivity index (χ0v) is 16.2. The predicted molar refractivity (Wildman–Crippen MR) is 102 cm³/mol. The third-order valence-electron chi connectivity index (χ3n) is 4.36. The first-order valence-corrected chi connectivity index (χ1v) is 9.11. The van der Waals surface area contributed by atoms with Crippen molar-refractivity contribution < 1.29 is 9.59 Å². The van der Waals surface area contributed by atoms with Crippen molar-refractivity contribution in [2.45, 2.75) is 39.3 Å². The molecule has 0 aliphatic heterocycles. The zero-order chi connectivity index (χ0) is 19.3. The third-order valence-corrected chi connectivity index (χ3v) is 5.21. The highest BCUT2D eigenvalue weighted by atomic mass is 35.5. The highest BCUT2D eigenvalue weighted by molar-refractivity contribution is 6.42. The Labute approximate surface area is 162 Å².